The molecule has 1 atom stereocenters. The average Bonchev–Trinajstić information content (AvgIpc) is 3.03. The van der Waals surface area contributed by atoms with E-state index in [0.29, 0.717) is 19.5 Å². The second kappa shape index (κ2) is 6.72. The van der Waals surface area contributed by atoms with Gasteiger partial charge in [-0.05, 0) is 32.0 Å². The highest BCUT2D eigenvalue weighted by atomic mass is 16.5. The van der Waals surface area contributed by atoms with Crippen LogP contribution in [0, 0.1) is 0 Å². The Morgan fingerprint density at radius 1 is 1.52 bits per heavy atom. The average molecular weight is 345 g/mol. The maximum Gasteiger partial charge on any atom is 0.273 e. The Morgan fingerprint density at radius 2 is 2.32 bits per heavy atom. The highest BCUT2D eigenvalue weighted by molar-refractivity contribution is 5.92. The molecule has 0 radical (unpaired) electrons. The second-order valence-corrected chi connectivity index (χ2v) is 6.65. The molecule has 1 aromatic carbocycles. The van der Waals surface area contributed by atoms with Crippen molar-refractivity contribution in [2.24, 2.45) is 5.73 Å². The number of benzene rings is 1. The molecule has 0 unspecified atom stereocenters. The Kier molecular flexibility index (Phi) is 4.63. The predicted molar refractivity (Wildman–Crippen MR) is 91.6 cm³/mol. The van der Waals surface area contributed by atoms with Crippen molar-refractivity contribution in [3.05, 3.63) is 35.7 Å². The normalized spacial score (nSPS) is 18.2. The number of carbonyl (C=O) groups excluding carboxylic acids is 1. The molecule has 3 N–H and O–H groups in total. The Labute approximate surface area is 146 Å². The van der Waals surface area contributed by atoms with E-state index in [0.717, 1.165) is 17.1 Å². The lowest BCUT2D eigenvalue weighted by Gasteiger charge is -2.37. The fourth-order valence-corrected chi connectivity index (χ4v) is 2.96. The van der Waals surface area contributed by atoms with E-state index in [1.807, 2.05) is 32.0 Å². The Bertz CT molecular complexity index is 771. The number of rotatable bonds is 5. The minimum Gasteiger partial charge on any atom is -0.497 e. The van der Waals surface area contributed by atoms with Crippen LogP contribution in [-0.2, 0) is 6.54 Å². The summed E-state index contributed by atoms with van der Waals surface area (Å²) in [7, 11) is 1.61. The largest absolute Gasteiger partial charge is 0.497 e. The molecule has 0 fully saturated rings. The van der Waals surface area contributed by atoms with Crippen LogP contribution < -0.4 is 20.5 Å². The summed E-state index contributed by atoms with van der Waals surface area (Å²) in [5.74, 6) is 1.18. The summed E-state index contributed by atoms with van der Waals surface area (Å²) < 4.78 is 12.9. The molecule has 0 aliphatic carbocycles. The van der Waals surface area contributed by atoms with Crippen LogP contribution in [0.5, 0.6) is 11.5 Å². The van der Waals surface area contributed by atoms with Gasteiger partial charge in [-0.15, -0.1) is 5.10 Å². The van der Waals surface area contributed by atoms with Crippen molar-refractivity contribution in [3.8, 4) is 11.5 Å². The number of ether oxygens (including phenoxy) is 2. The van der Waals surface area contributed by atoms with E-state index in [9.17, 15) is 4.79 Å². The van der Waals surface area contributed by atoms with Crippen molar-refractivity contribution in [2.75, 3.05) is 13.7 Å². The van der Waals surface area contributed by atoms with Crippen LogP contribution in [0.3, 0.4) is 0 Å². The van der Waals surface area contributed by atoms with E-state index < -0.39 is 5.60 Å². The maximum atomic E-state index is 12.6. The van der Waals surface area contributed by atoms with Gasteiger partial charge in [0.15, 0.2) is 5.69 Å². The van der Waals surface area contributed by atoms with Gasteiger partial charge in [0, 0.05) is 18.5 Å². The molecule has 8 nitrogen and oxygen atoms in total. The molecule has 1 aromatic heterocycles. The molecule has 0 spiro atoms. The Morgan fingerprint density at radius 3 is 3.04 bits per heavy atom. The van der Waals surface area contributed by atoms with E-state index in [1.54, 1.807) is 18.0 Å². The lowest BCUT2D eigenvalue weighted by Crippen LogP contribution is -2.41. The van der Waals surface area contributed by atoms with Gasteiger partial charge in [0.2, 0.25) is 0 Å². The van der Waals surface area contributed by atoms with E-state index in [4.69, 9.17) is 15.2 Å². The fourth-order valence-electron chi connectivity index (χ4n) is 2.96. The summed E-state index contributed by atoms with van der Waals surface area (Å²) in [6.07, 6.45) is 2.23. The third-order valence-corrected chi connectivity index (χ3v) is 4.11. The second-order valence-electron chi connectivity index (χ2n) is 6.65. The van der Waals surface area contributed by atoms with Crippen LogP contribution in [0.15, 0.2) is 24.4 Å². The molecule has 2 aromatic rings. The van der Waals surface area contributed by atoms with Crippen LogP contribution in [0.2, 0.25) is 0 Å². The molecule has 8 heteroatoms. The first-order valence-electron chi connectivity index (χ1n) is 8.20. The number of nitrogens with one attached hydrogen (secondary N) is 1. The smallest absolute Gasteiger partial charge is 0.273 e. The highest BCUT2D eigenvalue weighted by Gasteiger charge is 2.35. The molecule has 3 rings (SSSR count). The van der Waals surface area contributed by atoms with Gasteiger partial charge in [-0.2, -0.15) is 0 Å². The maximum absolute atomic E-state index is 12.6. The molecule has 1 amide bonds. The van der Waals surface area contributed by atoms with Crippen LogP contribution in [0.1, 0.15) is 42.4 Å². The Hall–Kier alpha value is -2.61. The molecule has 0 saturated carbocycles. The van der Waals surface area contributed by atoms with Crippen LogP contribution in [-0.4, -0.2) is 40.2 Å². The number of hydrogen-bond donors (Lipinski definition) is 2. The number of carbonyl (C=O) groups is 1. The van der Waals surface area contributed by atoms with Gasteiger partial charge in [0.25, 0.3) is 5.91 Å². The first-order chi connectivity index (χ1) is 11.9. The van der Waals surface area contributed by atoms with Gasteiger partial charge in [-0.25, -0.2) is 0 Å². The molecule has 2 heterocycles. The molecular weight excluding hydrogens is 322 g/mol. The molecular formula is C17H23N5O3. The summed E-state index contributed by atoms with van der Waals surface area (Å²) in [4.78, 5) is 12.6. The zero-order chi connectivity index (χ0) is 18.0. The number of methoxy groups -OCH3 is 1. The summed E-state index contributed by atoms with van der Waals surface area (Å²) in [5, 5.41) is 10.8. The monoisotopic (exact) mass is 345 g/mol. The van der Waals surface area contributed by atoms with E-state index >= 15 is 0 Å². The Balaban J connectivity index is 1.84. The van der Waals surface area contributed by atoms with E-state index in [2.05, 4.69) is 15.6 Å². The number of hydrogen-bond acceptors (Lipinski definition) is 6. The van der Waals surface area contributed by atoms with Gasteiger partial charge in [0.05, 0.1) is 25.9 Å². The zero-order valence-corrected chi connectivity index (χ0v) is 14.7. The van der Waals surface area contributed by atoms with E-state index in [1.165, 1.54) is 0 Å². The predicted octanol–water partition coefficient (Wildman–Crippen LogP) is 1.28. The third kappa shape index (κ3) is 3.74. The van der Waals surface area contributed by atoms with Gasteiger partial charge in [-0.1, -0.05) is 5.21 Å². The minimum atomic E-state index is -0.392. The number of nitrogens with two attached hydrogens (primary N) is 1. The van der Waals surface area contributed by atoms with Crippen molar-refractivity contribution < 1.29 is 14.3 Å². The number of aromatic nitrogens is 3. The molecule has 25 heavy (non-hydrogen) atoms. The van der Waals surface area contributed by atoms with Gasteiger partial charge in [-0.3, -0.25) is 9.48 Å². The lowest BCUT2D eigenvalue weighted by atomic mass is 9.89. The van der Waals surface area contributed by atoms with Gasteiger partial charge < -0.3 is 20.5 Å². The molecule has 0 saturated heterocycles. The summed E-state index contributed by atoms with van der Waals surface area (Å²) in [5.41, 5.74) is 6.25. The van der Waals surface area contributed by atoms with Crippen LogP contribution in [0.4, 0.5) is 0 Å². The quantitative estimate of drug-likeness (QED) is 0.846. The summed E-state index contributed by atoms with van der Waals surface area (Å²) in [6, 6.07) is 5.39. The number of fused-ring (bicyclic) bond motifs is 1. The lowest BCUT2D eigenvalue weighted by molar-refractivity contribution is 0.0616. The van der Waals surface area contributed by atoms with Crippen molar-refractivity contribution in [2.45, 2.75) is 38.5 Å². The van der Waals surface area contributed by atoms with Crippen molar-refractivity contribution in [3.63, 3.8) is 0 Å². The van der Waals surface area contributed by atoms with Gasteiger partial charge in [0.1, 0.15) is 17.1 Å². The van der Waals surface area contributed by atoms with Crippen LogP contribution in [0.25, 0.3) is 0 Å². The van der Waals surface area contributed by atoms with Crippen LogP contribution >= 0.6 is 0 Å². The van der Waals surface area contributed by atoms with Crippen molar-refractivity contribution in [1.29, 1.82) is 0 Å². The zero-order valence-electron chi connectivity index (χ0n) is 14.7. The SMILES string of the molecule is COc1ccc2c(c1)[C@@H](NC(=O)c1cn(CCN)nn1)CC(C)(C)O2. The third-order valence-electron chi connectivity index (χ3n) is 4.11. The van der Waals surface area contributed by atoms with Gasteiger partial charge >= 0.3 is 0 Å². The van der Waals surface area contributed by atoms with E-state index in [-0.39, 0.29) is 17.6 Å². The fraction of sp³-hybridized carbons (Fsp3) is 0.471. The van der Waals surface area contributed by atoms with Crippen molar-refractivity contribution in [1.82, 2.24) is 20.3 Å². The molecule has 134 valence electrons. The first-order valence-corrected chi connectivity index (χ1v) is 8.20. The summed E-state index contributed by atoms with van der Waals surface area (Å²) >= 11 is 0. The first kappa shape index (κ1) is 17.2. The minimum absolute atomic E-state index is 0.207. The number of nitrogens with zero attached hydrogens (tertiary/aromatic N) is 3. The summed E-state index contributed by atoms with van der Waals surface area (Å²) in [6.45, 7) is 4.95. The molecule has 1 aliphatic rings. The topological polar surface area (TPSA) is 104 Å². The van der Waals surface area contributed by atoms with Crippen molar-refractivity contribution >= 4 is 5.91 Å². The standard InChI is InChI=1S/C17H23N5O3/c1-17(2)9-13(12-8-11(24-3)4-5-15(12)25-17)19-16(23)14-10-22(7-6-18)21-20-14/h4-5,8,10,13H,6-7,9,18H2,1-3H3,(H,19,23)/t13-/m0/s1. The highest BCUT2D eigenvalue weighted by Crippen LogP contribution is 2.41. The number of amides is 1. The molecule has 0 bridgehead atoms. The molecule has 1 aliphatic heterocycles.